The molecule has 0 aromatic heterocycles. The summed E-state index contributed by atoms with van der Waals surface area (Å²) in [6, 6.07) is 9.04. The molecule has 0 amide bonds. The Morgan fingerprint density at radius 3 is 2.62 bits per heavy atom. The van der Waals surface area contributed by atoms with Gasteiger partial charge in [0.15, 0.2) is 0 Å². The summed E-state index contributed by atoms with van der Waals surface area (Å²) in [6.45, 7) is 4.60. The molecule has 1 aliphatic heterocycles. The third kappa shape index (κ3) is 3.63. The van der Waals surface area contributed by atoms with Gasteiger partial charge in [-0.3, -0.25) is 0 Å². The molecule has 1 heterocycles. The van der Waals surface area contributed by atoms with E-state index in [2.05, 4.69) is 73.4 Å². The summed E-state index contributed by atoms with van der Waals surface area (Å²) in [6.07, 6.45) is 10.4. The molecular formula is C19H20Cl2NPZr. The summed E-state index contributed by atoms with van der Waals surface area (Å²) < 4.78 is 2.52. The summed E-state index contributed by atoms with van der Waals surface area (Å²) in [4.78, 5) is 0. The molecule has 124 valence electrons. The maximum absolute atomic E-state index is 3.60. The third-order valence-electron chi connectivity index (χ3n) is 4.81. The molecule has 4 rings (SSSR count). The van der Waals surface area contributed by atoms with E-state index in [1.165, 1.54) is 17.6 Å². The van der Waals surface area contributed by atoms with Gasteiger partial charge in [-0.15, -0.1) is 0 Å². The van der Waals surface area contributed by atoms with Crippen LogP contribution in [0.5, 0.6) is 0 Å². The Morgan fingerprint density at radius 1 is 1.17 bits per heavy atom. The summed E-state index contributed by atoms with van der Waals surface area (Å²) in [7, 11) is -0.698. The molecule has 24 heavy (non-hydrogen) atoms. The molecule has 2 atom stereocenters. The molecular weight excluding hydrogens is 435 g/mol. The number of benzene rings is 1. The van der Waals surface area contributed by atoms with Crippen molar-refractivity contribution >= 4 is 19.6 Å². The number of halogens is 2. The van der Waals surface area contributed by atoms with Crippen molar-refractivity contribution in [1.29, 1.82) is 0 Å². The van der Waals surface area contributed by atoms with E-state index in [0.717, 1.165) is 3.63 Å². The van der Waals surface area contributed by atoms with E-state index in [1.54, 1.807) is 19.7 Å². The van der Waals surface area contributed by atoms with Crippen molar-refractivity contribution in [3.05, 3.63) is 73.5 Å². The number of allylic oxidation sites excluding steroid dienone is 6. The van der Waals surface area contributed by atoms with Gasteiger partial charge in [-0.25, -0.2) is 0 Å². The van der Waals surface area contributed by atoms with Crippen LogP contribution in [0.25, 0.3) is 6.08 Å². The van der Waals surface area contributed by atoms with E-state index in [9.17, 15) is 0 Å². The average Bonchev–Trinajstić information content (AvgIpc) is 3.23. The zero-order chi connectivity index (χ0) is 15.1. The van der Waals surface area contributed by atoms with Crippen LogP contribution in [0.4, 0.5) is 0 Å². The van der Waals surface area contributed by atoms with Gasteiger partial charge < -0.3 is 24.8 Å². The predicted molar refractivity (Wildman–Crippen MR) is 94.9 cm³/mol. The predicted octanol–water partition coefficient (Wildman–Crippen LogP) is -1.15. The Morgan fingerprint density at radius 2 is 1.96 bits per heavy atom. The molecule has 1 aromatic carbocycles. The third-order valence-corrected chi connectivity index (χ3v) is 12.1. The molecule has 0 saturated heterocycles. The van der Waals surface area contributed by atoms with Crippen molar-refractivity contribution in [2.24, 2.45) is 0 Å². The van der Waals surface area contributed by atoms with Crippen LogP contribution >= 0.6 is 7.70 Å². The van der Waals surface area contributed by atoms with Gasteiger partial charge in [-0.05, 0) is 0 Å². The van der Waals surface area contributed by atoms with E-state index in [1.807, 2.05) is 0 Å². The average molecular weight is 455 g/mol. The van der Waals surface area contributed by atoms with Crippen molar-refractivity contribution < 1.29 is 48.0 Å². The molecule has 3 aliphatic rings. The Hall–Kier alpha value is -0.257. The van der Waals surface area contributed by atoms with Gasteiger partial charge in [-0.2, -0.15) is 0 Å². The van der Waals surface area contributed by atoms with Crippen LogP contribution in [-0.2, 0) is 23.2 Å². The smallest absolute Gasteiger partial charge is 1.00 e. The summed E-state index contributed by atoms with van der Waals surface area (Å²) in [5.74, 6) is 2.40. The van der Waals surface area contributed by atoms with Gasteiger partial charge in [-0.1, -0.05) is 0 Å². The largest absolute Gasteiger partial charge is 1.00 e. The molecule has 1 nitrogen and oxygen atoms in total. The van der Waals surface area contributed by atoms with Crippen LogP contribution < -0.4 is 29.9 Å². The molecule has 0 bridgehead atoms. The van der Waals surface area contributed by atoms with Crippen LogP contribution in [0.3, 0.4) is 0 Å². The number of nitrogens with one attached hydrogen (secondary N) is 1. The second kappa shape index (κ2) is 8.42. The van der Waals surface area contributed by atoms with E-state index in [4.69, 9.17) is 0 Å². The molecule has 5 heteroatoms. The standard InChI is InChI=1S/C12H11NP.C7H9.2ClH.Zr/c1-2-5-11-9-12(8-10(11)4-1)14-7-3-6-13-14;1-6-4-3-5-7(6)2;;;/h1-9,13-14H;4H,3H2,1-2H3;2*1H;/q;;;;+2/p-2. The van der Waals surface area contributed by atoms with Crippen molar-refractivity contribution in [2.75, 3.05) is 0 Å². The van der Waals surface area contributed by atoms with Crippen molar-refractivity contribution in [3.63, 3.8) is 0 Å². The van der Waals surface area contributed by atoms with Crippen molar-refractivity contribution in [3.8, 4) is 0 Å². The van der Waals surface area contributed by atoms with Gasteiger partial charge >= 0.3 is 145 Å². The molecule has 0 saturated carbocycles. The Bertz CT molecular complexity index is 805. The summed E-state index contributed by atoms with van der Waals surface area (Å²) >= 11 is -0.640. The van der Waals surface area contributed by atoms with Gasteiger partial charge in [0.2, 0.25) is 0 Å². The quantitative estimate of drug-likeness (QED) is 0.568. The van der Waals surface area contributed by atoms with Crippen molar-refractivity contribution in [1.82, 2.24) is 5.09 Å². The van der Waals surface area contributed by atoms with Gasteiger partial charge in [0, 0.05) is 0 Å². The molecule has 0 radical (unpaired) electrons. The maximum atomic E-state index is 3.60. The summed E-state index contributed by atoms with van der Waals surface area (Å²) in [5.41, 5.74) is 6.15. The monoisotopic (exact) mass is 453 g/mol. The Balaban J connectivity index is 0.00000104. The second-order valence-electron chi connectivity index (χ2n) is 6.08. The van der Waals surface area contributed by atoms with Crippen LogP contribution in [0.15, 0.2) is 62.4 Å². The van der Waals surface area contributed by atoms with Gasteiger partial charge in [0.05, 0.1) is 0 Å². The first-order chi connectivity index (χ1) is 10.7. The number of hydrogen-bond acceptors (Lipinski definition) is 1. The normalized spacial score (nSPS) is 23.2. The van der Waals surface area contributed by atoms with E-state index in [0.29, 0.717) is 0 Å². The van der Waals surface area contributed by atoms with E-state index >= 15 is 0 Å². The van der Waals surface area contributed by atoms with Crippen LogP contribution in [-0.4, -0.2) is 5.80 Å². The first kappa shape index (κ1) is 20.1. The SMILES string of the molecule is CC1=CC[C]([Zr+2][CH]2C([PH]3=CC=CN3)=Cc3ccccc32)=C1C.[Cl-].[Cl-]. The number of rotatable bonds is 3. The molecule has 0 fully saturated rings. The Kier molecular flexibility index (Phi) is 7.03. The second-order valence-corrected chi connectivity index (χ2v) is 11.7. The van der Waals surface area contributed by atoms with E-state index in [-0.39, 0.29) is 24.8 Å². The van der Waals surface area contributed by atoms with E-state index < -0.39 is 30.9 Å². The minimum Gasteiger partial charge on any atom is -1.00 e. The minimum absolute atomic E-state index is 0. The van der Waals surface area contributed by atoms with Crippen LogP contribution in [0.1, 0.15) is 35.0 Å². The zero-order valence-electron chi connectivity index (χ0n) is 13.7. The van der Waals surface area contributed by atoms with Crippen molar-refractivity contribution in [2.45, 2.75) is 23.9 Å². The Labute approximate surface area is 169 Å². The summed E-state index contributed by atoms with van der Waals surface area (Å²) in [5, 5.41) is 5.29. The van der Waals surface area contributed by atoms with Crippen LogP contribution in [0, 0.1) is 0 Å². The minimum atomic E-state index is -0.698. The van der Waals surface area contributed by atoms with Gasteiger partial charge in [0.1, 0.15) is 0 Å². The fraction of sp³-hybridized carbons (Fsp3) is 0.211. The molecule has 2 unspecified atom stereocenters. The first-order valence-electron chi connectivity index (χ1n) is 7.82. The molecule has 0 spiro atoms. The molecule has 1 aromatic rings. The van der Waals surface area contributed by atoms with Crippen LogP contribution in [0.2, 0.25) is 0 Å². The molecule has 1 N–H and O–H groups in total. The van der Waals surface area contributed by atoms with Gasteiger partial charge in [0.25, 0.3) is 0 Å². The number of hydrogen-bond donors (Lipinski definition) is 1. The fourth-order valence-electron chi connectivity index (χ4n) is 3.36. The zero-order valence-corrected chi connectivity index (χ0v) is 18.7. The fourth-order valence-corrected chi connectivity index (χ4v) is 10.8. The number of fused-ring (bicyclic) bond motifs is 1. The first-order valence-corrected chi connectivity index (χ1v) is 12.0. The maximum Gasteiger partial charge on any atom is -1.00 e. The molecule has 2 aliphatic carbocycles. The topological polar surface area (TPSA) is 12.0 Å².